The lowest BCUT2D eigenvalue weighted by Crippen LogP contribution is -2.50. The molecule has 1 aromatic carbocycles. The highest BCUT2D eigenvalue weighted by atomic mass is 32.2. The van der Waals surface area contributed by atoms with E-state index in [1.165, 1.54) is 11.3 Å². The summed E-state index contributed by atoms with van der Waals surface area (Å²) in [6.45, 7) is 5.68. The standard InChI is InChI=1S/C18H20N4O3S2/c1-4-9-26-18-21-20-17(27-18)19-14(23)13(10(2)3)22-15(24)11-7-5-6-8-12(11)16(22)25/h5-8,10,13H,4,9H2,1-3H3,(H,19,20,23). The number of anilines is 1. The van der Waals surface area contributed by atoms with E-state index in [0.717, 1.165) is 21.4 Å². The minimum Gasteiger partial charge on any atom is -0.299 e. The first-order chi connectivity index (χ1) is 12.9. The van der Waals surface area contributed by atoms with Crippen LogP contribution in [0.15, 0.2) is 28.6 Å². The fourth-order valence-corrected chi connectivity index (χ4v) is 4.55. The van der Waals surface area contributed by atoms with Crippen molar-refractivity contribution >= 4 is 46.0 Å². The monoisotopic (exact) mass is 404 g/mol. The molecule has 0 radical (unpaired) electrons. The molecule has 3 rings (SSSR count). The number of amides is 3. The second-order valence-corrected chi connectivity index (χ2v) is 8.75. The molecule has 0 aliphatic carbocycles. The van der Waals surface area contributed by atoms with Crippen LogP contribution in [0.3, 0.4) is 0 Å². The summed E-state index contributed by atoms with van der Waals surface area (Å²) < 4.78 is 0.772. The van der Waals surface area contributed by atoms with E-state index >= 15 is 0 Å². The first-order valence-electron chi connectivity index (χ1n) is 8.68. The molecule has 7 nitrogen and oxygen atoms in total. The maximum absolute atomic E-state index is 12.9. The molecule has 27 heavy (non-hydrogen) atoms. The minimum absolute atomic E-state index is 0.255. The van der Waals surface area contributed by atoms with Crippen LogP contribution in [0.25, 0.3) is 0 Å². The van der Waals surface area contributed by atoms with Gasteiger partial charge in [0.25, 0.3) is 11.8 Å². The Labute approximate surface area is 165 Å². The van der Waals surface area contributed by atoms with Gasteiger partial charge < -0.3 is 0 Å². The zero-order valence-electron chi connectivity index (χ0n) is 15.3. The van der Waals surface area contributed by atoms with Crippen molar-refractivity contribution in [3.63, 3.8) is 0 Å². The first-order valence-corrected chi connectivity index (χ1v) is 10.5. The number of hydrogen-bond acceptors (Lipinski definition) is 7. The van der Waals surface area contributed by atoms with Gasteiger partial charge in [0.2, 0.25) is 11.0 Å². The van der Waals surface area contributed by atoms with Gasteiger partial charge in [0.05, 0.1) is 11.1 Å². The van der Waals surface area contributed by atoms with Gasteiger partial charge in [0, 0.05) is 5.75 Å². The smallest absolute Gasteiger partial charge is 0.262 e. The summed E-state index contributed by atoms with van der Waals surface area (Å²) >= 11 is 2.86. The number of fused-ring (bicyclic) bond motifs is 1. The Morgan fingerprint density at radius 2 is 1.81 bits per heavy atom. The molecular formula is C18H20N4O3S2. The van der Waals surface area contributed by atoms with Crippen molar-refractivity contribution in [2.45, 2.75) is 37.6 Å². The van der Waals surface area contributed by atoms with Crippen molar-refractivity contribution in [1.29, 1.82) is 0 Å². The highest BCUT2D eigenvalue weighted by molar-refractivity contribution is 8.01. The van der Waals surface area contributed by atoms with Crippen molar-refractivity contribution in [2.24, 2.45) is 5.92 Å². The molecule has 142 valence electrons. The highest BCUT2D eigenvalue weighted by Crippen LogP contribution is 2.29. The molecule has 1 atom stereocenters. The first kappa shape index (κ1) is 19.5. The number of rotatable bonds is 7. The van der Waals surface area contributed by atoms with Crippen LogP contribution in [0.4, 0.5) is 5.13 Å². The predicted molar refractivity (Wildman–Crippen MR) is 105 cm³/mol. The lowest BCUT2D eigenvalue weighted by Gasteiger charge is -2.27. The van der Waals surface area contributed by atoms with Crippen LogP contribution < -0.4 is 5.32 Å². The van der Waals surface area contributed by atoms with Gasteiger partial charge in [0.1, 0.15) is 6.04 Å². The summed E-state index contributed by atoms with van der Waals surface area (Å²) in [5.41, 5.74) is 0.658. The third-order valence-electron chi connectivity index (χ3n) is 4.07. The molecule has 1 N–H and O–H groups in total. The number of aromatic nitrogens is 2. The fourth-order valence-electron chi connectivity index (χ4n) is 2.87. The summed E-state index contributed by atoms with van der Waals surface area (Å²) in [7, 11) is 0. The molecule has 1 aromatic heterocycles. The van der Waals surface area contributed by atoms with Crippen molar-refractivity contribution < 1.29 is 14.4 Å². The number of nitrogens with one attached hydrogen (secondary N) is 1. The second kappa shape index (κ2) is 8.18. The molecule has 0 spiro atoms. The highest BCUT2D eigenvalue weighted by Gasteiger charge is 2.44. The number of thioether (sulfide) groups is 1. The Bertz CT molecular complexity index is 846. The van der Waals surface area contributed by atoms with Gasteiger partial charge in [-0.3, -0.25) is 24.6 Å². The molecule has 0 saturated carbocycles. The third kappa shape index (κ3) is 3.89. The molecule has 0 saturated heterocycles. The summed E-state index contributed by atoms with van der Waals surface area (Å²) in [5, 5.41) is 11.1. The molecule has 2 heterocycles. The van der Waals surface area contributed by atoms with E-state index in [0.29, 0.717) is 16.3 Å². The van der Waals surface area contributed by atoms with E-state index in [-0.39, 0.29) is 5.92 Å². The Balaban J connectivity index is 1.80. The van der Waals surface area contributed by atoms with Crippen LogP contribution in [-0.2, 0) is 4.79 Å². The maximum Gasteiger partial charge on any atom is 0.262 e. The number of carbonyl (C=O) groups excluding carboxylic acids is 3. The topological polar surface area (TPSA) is 92.3 Å². The number of imide groups is 1. The summed E-state index contributed by atoms with van der Waals surface area (Å²) in [6, 6.07) is 5.69. The molecule has 2 aromatic rings. The largest absolute Gasteiger partial charge is 0.299 e. The quantitative estimate of drug-likeness (QED) is 0.432. The zero-order chi connectivity index (χ0) is 19.6. The predicted octanol–water partition coefficient (Wildman–Crippen LogP) is 3.30. The van der Waals surface area contributed by atoms with E-state index in [9.17, 15) is 14.4 Å². The van der Waals surface area contributed by atoms with Gasteiger partial charge in [-0.25, -0.2) is 0 Å². The van der Waals surface area contributed by atoms with E-state index < -0.39 is 23.8 Å². The van der Waals surface area contributed by atoms with E-state index in [1.807, 2.05) is 0 Å². The molecule has 0 bridgehead atoms. The maximum atomic E-state index is 12.9. The van der Waals surface area contributed by atoms with Gasteiger partial charge >= 0.3 is 0 Å². The molecule has 1 aliphatic heterocycles. The van der Waals surface area contributed by atoms with Crippen molar-refractivity contribution in [3.05, 3.63) is 35.4 Å². The molecule has 3 amide bonds. The van der Waals surface area contributed by atoms with Crippen molar-refractivity contribution in [3.8, 4) is 0 Å². The zero-order valence-corrected chi connectivity index (χ0v) is 16.9. The average molecular weight is 405 g/mol. The van der Waals surface area contributed by atoms with E-state index in [1.54, 1.807) is 49.9 Å². The summed E-state index contributed by atoms with van der Waals surface area (Å²) in [5.74, 6) is -0.662. The fraction of sp³-hybridized carbons (Fsp3) is 0.389. The Hall–Kier alpha value is -2.26. The van der Waals surface area contributed by atoms with Gasteiger partial charge in [-0.15, -0.1) is 10.2 Å². The SMILES string of the molecule is CCCSc1nnc(NC(=O)C(C(C)C)N2C(=O)c3ccccc3C2=O)s1. The van der Waals surface area contributed by atoms with Gasteiger partial charge in [-0.1, -0.05) is 56.0 Å². The molecule has 1 aliphatic rings. The number of carbonyl (C=O) groups is 3. The van der Waals surface area contributed by atoms with Crippen LogP contribution in [0.5, 0.6) is 0 Å². The normalized spacial score (nSPS) is 14.6. The van der Waals surface area contributed by atoms with Gasteiger partial charge in [-0.05, 0) is 24.5 Å². The molecule has 9 heteroatoms. The van der Waals surface area contributed by atoms with Gasteiger partial charge in [0.15, 0.2) is 4.34 Å². The summed E-state index contributed by atoms with van der Waals surface area (Å²) in [4.78, 5) is 39.4. The van der Waals surface area contributed by atoms with Crippen LogP contribution in [0.1, 0.15) is 47.9 Å². The number of hydrogen-bond donors (Lipinski definition) is 1. The second-order valence-electron chi connectivity index (χ2n) is 6.43. The average Bonchev–Trinajstić information content (AvgIpc) is 3.18. The van der Waals surface area contributed by atoms with E-state index in [2.05, 4.69) is 22.4 Å². The lowest BCUT2D eigenvalue weighted by molar-refractivity contribution is -0.121. The molecule has 0 fully saturated rings. The van der Waals surface area contributed by atoms with Crippen molar-refractivity contribution in [1.82, 2.24) is 15.1 Å². The third-order valence-corrected chi connectivity index (χ3v) is 6.25. The van der Waals surface area contributed by atoms with E-state index in [4.69, 9.17) is 0 Å². The van der Waals surface area contributed by atoms with Gasteiger partial charge in [-0.2, -0.15) is 0 Å². The van der Waals surface area contributed by atoms with Crippen LogP contribution in [-0.4, -0.2) is 44.6 Å². The molecule has 1 unspecified atom stereocenters. The van der Waals surface area contributed by atoms with Crippen LogP contribution in [0, 0.1) is 5.92 Å². The van der Waals surface area contributed by atoms with Crippen molar-refractivity contribution in [2.75, 3.05) is 11.1 Å². The van der Waals surface area contributed by atoms with Crippen LogP contribution >= 0.6 is 23.1 Å². The Morgan fingerprint density at radius 1 is 1.19 bits per heavy atom. The Kier molecular flexibility index (Phi) is 5.91. The number of benzene rings is 1. The minimum atomic E-state index is -0.923. The number of nitrogens with zero attached hydrogens (tertiary/aromatic N) is 3. The lowest BCUT2D eigenvalue weighted by atomic mass is 10.0. The summed E-state index contributed by atoms with van der Waals surface area (Å²) in [6.07, 6.45) is 1.01. The van der Waals surface area contributed by atoms with Crippen LogP contribution in [0.2, 0.25) is 0 Å². The Morgan fingerprint density at radius 3 is 2.37 bits per heavy atom. The molecular weight excluding hydrogens is 384 g/mol.